The van der Waals surface area contributed by atoms with E-state index in [0.717, 1.165) is 5.69 Å². The molecule has 6 heteroatoms. The highest BCUT2D eigenvalue weighted by Crippen LogP contribution is 2.20. The molecule has 6 nitrogen and oxygen atoms in total. The lowest BCUT2D eigenvalue weighted by atomic mass is 10.1. The number of hydrogen-bond acceptors (Lipinski definition) is 4. The van der Waals surface area contributed by atoms with Crippen molar-refractivity contribution in [1.29, 1.82) is 0 Å². The summed E-state index contributed by atoms with van der Waals surface area (Å²) in [6, 6.07) is 5.39. The summed E-state index contributed by atoms with van der Waals surface area (Å²) in [5, 5.41) is 8.84. The van der Waals surface area contributed by atoms with E-state index in [1.807, 2.05) is 18.0 Å². The summed E-state index contributed by atoms with van der Waals surface area (Å²) in [7, 11) is 1.88. The van der Waals surface area contributed by atoms with E-state index in [2.05, 4.69) is 4.98 Å². The fourth-order valence-electron chi connectivity index (χ4n) is 1.81. The molecule has 0 aliphatic heterocycles. The topological polar surface area (TPSA) is 86.5 Å². The third-order valence-corrected chi connectivity index (χ3v) is 3.16. The normalized spacial score (nSPS) is 12.5. The molecule has 0 aliphatic rings. The van der Waals surface area contributed by atoms with E-state index < -0.39 is 11.7 Å². The minimum absolute atomic E-state index is 0.378. The van der Waals surface area contributed by atoms with Gasteiger partial charge in [0.05, 0.1) is 11.4 Å². The number of carbonyl (C=O) groups is 1. The summed E-state index contributed by atoms with van der Waals surface area (Å²) in [5.74, 6) is -1.65. The molecule has 1 aromatic carbocycles. The Balaban J connectivity index is 2.10. The number of hydrogen-bond donors (Lipinski definition) is 2. The Labute approximate surface area is 109 Å². The Morgan fingerprint density at radius 2 is 2.26 bits per heavy atom. The molecule has 0 saturated heterocycles. The van der Waals surface area contributed by atoms with Crippen molar-refractivity contribution in [3.8, 4) is 0 Å². The first-order valence-corrected chi connectivity index (χ1v) is 6.04. The highest BCUT2D eigenvalue weighted by molar-refractivity contribution is 5.77. The van der Waals surface area contributed by atoms with Gasteiger partial charge in [-0.15, -0.1) is 0 Å². The lowest BCUT2D eigenvalue weighted by molar-refractivity contribution is -0.141. The van der Waals surface area contributed by atoms with Crippen molar-refractivity contribution < 1.29 is 14.3 Å². The minimum atomic E-state index is -0.791. The van der Waals surface area contributed by atoms with Gasteiger partial charge in [-0.1, -0.05) is 6.92 Å². The lowest BCUT2D eigenvalue weighted by Gasteiger charge is -2.20. The minimum Gasteiger partial charge on any atom is -0.481 e. The van der Waals surface area contributed by atoms with E-state index in [-0.39, 0.29) is 5.92 Å². The molecular formula is C13H16N2O4. The van der Waals surface area contributed by atoms with Crippen LogP contribution in [0.1, 0.15) is 13.3 Å². The SMILES string of the molecule is CC(CCN(C)c1ccc2[nH]c(=O)oc2c1)C(=O)O. The molecule has 1 atom stereocenters. The molecule has 0 amide bonds. The van der Waals surface area contributed by atoms with Gasteiger partial charge in [-0.3, -0.25) is 9.78 Å². The van der Waals surface area contributed by atoms with Gasteiger partial charge in [0.15, 0.2) is 5.58 Å². The number of nitrogens with zero attached hydrogens (tertiary/aromatic N) is 1. The number of carboxylic acid groups (broad SMARTS) is 1. The van der Waals surface area contributed by atoms with Crippen molar-refractivity contribution in [3.63, 3.8) is 0 Å². The molecule has 2 rings (SSSR count). The van der Waals surface area contributed by atoms with Crippen molar-refractivity contribution in [3.05, 3.63) is 28.7 Å². The van der Waals surface area contributed by atoms with E-state index in [1.54, 1.807) is 19.1 Å². The van der Waals surface area contributed by atoms with Crippen LogP contribution in [0.15, 0.2) is 27.4 Å². The van der Waals surface area contributed by atoms with Crippen molar-refractivity contribution in [2.75, 3.05) is 18.5 Å². The average Bonchev–Trinajstić information content (AvgIpc) is 2.74. The Hall–Kier alpha value is -2.24. The first-order valence-electron chi connectivity index (χ1n) is 6.04. The second-order valence-electron chi connectivity index (χ2n) is 4.64. The molecule has 0 spiro atoms. The second kappa shape index (κ2) is 5.17. The van der Waals surface area contributed by atoms with E-state index >= 15 is 0 Å². The zero-order chi connectivity index (χ0) is 14.0. The van der Waals surface area contributed by atoms with Gasteiger partial charge < -0.3 is 14.4 Å². The van der Waals surface area contributed by atoms with Crippen LogP contribution in [0.2, 0.25) is 0 Å². The zero-order valence-corrected chi connectivity index (χ0v) is 10.8. The molecule has 0 radical (unpaired) electrons. The third-order valence-electron chi connectivity index (χ3n) is 3.16. The molecule has 19 heavy (non-hydrogen) atoms. The Morgan fingerprint density at radius 3 is 2.95 bits per heavy atom. The molecule has 0 bridgehead atoms. The van der Waals surface area contributed by atoms with Crippen molar-refractivity contribution >= 4 is 22.8 Å². The van der Waals surface area contributed by atoms with Crippen LogP contribution in [0.25, 0.3) is 11.1 Å². The Morgan fingerprint density at radius 1 is 1.53 bits per heavy atom. The number of aromatic amines is 1. The maximum absolute atomic E-state index is 11.1. The lowest BCUT2D eigenvalue weighted by Crippen LogP contribution is -2.22. The summed E-state index contributed by atoms with van der Waals surface area (Å²) in [6.07, 6.45) is 0.557. The smallest absolute Gasteiger partial charge is 0.417 e. The predicted octanol–water partition coefficient (Wildman–Crippen LogP) is 1.67. The summed E-state index contributed by atoms with van der Waals surface area (Å²) in [4.78, 5) is 26.3. The maximum atomic E-state index is 11.1. The van der Waals surface area contributed by atoms with Gasteiger partial charge in [0.1, 0.15) is 0 Å². The summed E-state index contributed by atoms with van der Waals surface area (Å²) in [6.45, 7) is 2.30. The number of carboxylic acids is 1. The van der Waals surface area contributed by atoms with Gasteiger partial charge in [0, 0.05) is 25.3 Å². The van der Waals surface area contributed by atoms with Crippen LogP contribution in [-0.4, -0.2) is 29.7 Å². The van der Waals surface area contributed by atoms with Crippen LogP contribution >= 0.6 is 0 Å². The Bertz CT molecular complexity index is 643. The van der Waals surface area contributed by atoms with E-state index in [4.69, 9.17) is 9.52 Å². The van der Waals surface area contributed by atoms with E-state index in [0.29, 0.717) is 24.1 Å². The predicted molar refractivity (Wildman–Crippen MR) is 71.5 cm³/mol. The number of oxazole rings is 1. The third kappa shape index (κ3) is 2.96. The average molecular weight is 264 g/mol. The molecule has 2 aromatic rings. The number of anilines is 1. The molecule has 0 saturated carbocycles. The molecule has 1 unspecified atom stereocenters. The molecule has 102 valence electrons. The van der Waals surface area contributed by atoms with Gasteiger partial charge in [-0.05, 0) is 18.6 Å². The van der Waals surface area contributed by atoms with Crippen LogP contribution in [0.4, 0.5) is 5.69 Å². The number of nitrogens with one attached hydrogen (secondary N) is 1. The van der Waals surface area contributed by atoms with Crippen LogP contribution < -0.4 is 10.7 Å². The highest BCUT2D eigenvalue weighted by atomic mass is 16.4. The van der Waals surface area contributed by atoms with Crippen LogP contribution in [0, 0.1) is 5.92 Å². The van der Waals surface area contributed by atoms with Gasteiger partial charge in [-0.2, -0.15) is 0 Å². The molecular weight excluding hydrogens is 248 g/mol. The van der Waals surface area contributed by atoms with Crippen molar-refractivity contribution in [1.82, 2.24) is 4.98 Å². The standard InChI is InChI=1S/C13H16N2O4/c1-8(12(16)17)5-6-15(2)9-3-4-10-11(7-9)19-13(18)14-10/h3-4,7-8H,5-6H2,1-2H3,(H,14,18)(H,16,17). The van der Waals surface area contributed by atoms with Gasteiger partial charge in [0.25, 0.3) is 0 Å². The van der Waals surface area contributed by atoms with Crippen LogP contribution in [0.5, 0.6) is 0 Å². The zero-order valence-electron chi connectivity index (χ0n) is 10.8. The summed E-state index contributed by atoms with van der Waals surface area (Å²) in [5.41, 5.74) is 2.04. The largest absolute Gasteiger partial charge is 0.481 e. The quantitative estimate of drug-likeness (QED) is 0.857. The van der Waals surface area contributed by atoms with Crippen LogP contribution in [-0.2, 0) is 4.79 Å². The fourth-order valence-corrected chi connectivity index (χ4v) is 1.81. The molecule has 1 aromatic heterocycles. The first kappa shape index (κ1) is 13.2. The summed E-state index contributed by atoms with van der Waals surface area (Å²) < 4.78 is 4.99. The van der Waals surface area contributed by atoms with E-state index in [9.17, 15) is 9.59 Å². The molecule has 1 heterocycles. The number of fused-ring (bicyclic) bond motifs is 1. The number of aromatic nitrogens is 1. The Kier molecular flexibility index (Phi) is 3.59. The monoisotopic (exact) mass is 264 g/mol. The number of aliphatic carboxylic acids is 1. The van der Waals surface area contributed by atoms with Crippen molar-refractivity contribution in [2.24, 2.45) is 5.92 Å². The summed E-state index contributed by atoms with van der Waals surface area (Å²) >= 11 is 0. The highest BCUT2D eigenvalue weighted by Gasteiger charge is 2.12. The van der Waals surface area contributed by atoms with Gasteiger partial charge >= 0.3 is 11.7 Å². The number of rotatable bonds is 5. The van der Waals surface area contributed by atoms with E-state index in [1.165, 1.54) is 0 Å². The second-order valence-corrected chi connectivity index (χ2v) is 4.64. The number of benzene rings is 1. The molecule has 2 N–H and O–H groups in total. The fraction of sp³-hybridized carbons (Fsp3) is 0.385. The van der Waals surface area contributed by atoms with Gasteiger partial charge in [0.2, 0.25) is 0 Å². The van der Waals surface area contributed by atoms with Crippen LogP contribution in [0.3, 0.4) is 0 Å². The van der Waals surface area contributed by atoms with Crippen molar-refractivity contribution in [2.45, 2.75) is 13.3 Å². The molecule has 0 fully saturated rings. The van der Waals surface area contributed by atoms with Gasteiger partial charge in [-0.25, -0.2) is 4.79 Å². The first-order chi connectivity index (χ1) is 8.97. The molecule has 0 aliphatic carbocycles. The maximum Gasteiger partial charge on any atom is 0.417 e. The number of H-pyrrole nitrogens is 1.